The number of benzene rings is 2. The van der Waals surface area contributed by atoms with E-state index in [-0.39, 0.29) is 5.75 Å². The Morgan fingerprint density at radius 3 is 2.68 bits per heavy atom. The third kappa shape index (κ3) is 3.06. The second-order valence-corrected chi connectivity index (χ2v) is 4.63. The van der Waals surface area contributed by atoms with Crippen molar-refractivity contribution < 1.29 is 9.52 Å². The Kier molecular flexibility index (Phi) is 3.74. The first kappa shape index (κ1) is 13.7. The van der Waals surface area contributed by atoms with Crippen LogP contribution in [-0.4, -0.2) is 16.3 Å². The number of aromatic nitrogens is 1. The van der Waals surface area contributed by atoms with E-state index >= 15 is 0 Å². The summed E-state index contributed by atoms with van der Waals surface area (Å²) in [6, 6.07) is 12.5. The van der Waals surface area contributed by atoms with Crippen LogP contribution in [0.5, 0.6) is 5.75 Å². The molecule has 0 saturated carbocycles. The highest BCUT2D eigenvalue weighted by atomic mass is 16.3. The van der Waals surface area contributed by atoms with Gasteiger partial charge in [0.05, 0.1) is 23.8 Å². The minimum atomic E-state index is 0.0420. The number of hydrazone groups is 1. The molecule has 110 valence electrons. The molecule has 6 nitrogen and oxygen atoms in total. The van der Waals surface area contributed by atoms with Gasteiger partial charge in [-0.05, 0) is 42.0 Å². The minimum absolute atomic E-state index is 0.0420. The first-order valence-corrected chi connectivity index (χ1v) is 6.59. The van der Waals surface area contributed by atoms with Crippen LogP contribution >= 0.6 is 0 Å². The van der Waals surface area contributed by atoms with Crippen LogP contribution in [0.3, 0.4) is 0 Å². The van der Waals surface area contributed by atoms with Crippen molar-refractivity contribution in [1.29, 1.82) is 0 Å². The molecular weight excluding hydrogens is 280 g/mol. The minimum Gasteiger partial charge on any atom is -0.506 e. The molecule has 0 radical (unpaired) electrons. The molecule has 3 rings (SSSR count). The van der Waals surface area contributed by atoms with E-state index in [9.17, 15) is 5.11 Å². The maximum absolute atomic E-state index is 9.52. The fraction of sp³-hybridized carbons (Fsp3) is 0. The first-order chi connectivity index (χ1) is 10.7. The number of oxazole rings is 1. The lowest BCUT2D eigenvalue weighted by molar-refractivity contribution is 0.478. The quantitative estimate of drug-likeness (QED) is 0.297. The van der Waals surface area contributed by atoms with E-state index in [1.54, 1.807) is 30.6 Å². The average Bonchev–Trinajstić information content (AvgIpc) is 3.06. The highest BCUT2D eigenvalue weighted by Gasteiger charge is 2.00. The molecule has 0 bridgehead atoms. The molecule has 0 amide bonds. The number of hydrogen-bond acceptors (Lipinski definition) is 6. The number of hydrogen-bond donors (Lipinski definition) is 3. The van der Waals surface area contributed by atoms with E-state index < -0.39 is 0 Å². The van der Waals surface area contributed by atoms with E-state index in [1.807, 2.05) is 24.3 Å². The molecule has 1 heterocycles. The molecule has 0 fully saturated rings. The Balaban J connectivity index is 1.66. The standard InChI is InChI=1S/C16H14N4O2/c17-14-6-1-11(7-15(14)21)8-19-20-13-4-2-12(3-5-13)16-9-18-10-22-16/h1-10,20-21H,17H2. The molecule has 1 aromatic heterocycles. The van der Waals surface area contributed by atoms with Crippen LogP contribution in [0.25, 0.3) is 11.3 Å². The van der Waals surface area contributed by atoms with Crippen molar-refractivity contribution in [1.82, 2.24) is 4.98 Å². The summed E-state index contributed by atoms with van der Waals surface area (Å²) in [5, 5.41) is 13.6. The predicted octanol–water partition coefficient (Wildman–Crippen LogP) is 3.08. The normalized spacial score (nSPS) is 10.9. The van der Waals surface area contributed by atoms with Crippen LogP contribution in [0.15, 0.2) is 64.6 Å². The number of phenols is 1. The van der Waals surface area contributed by atoms with Gasteiger partial charge in [-0.15, -0.1) is 0 Å². The largest absolute Gasteiger partial charge is 0.506 e. The maximum Gasteiger partial charge on any atom is 0.181 e. The van der Waals surface area contributed by atoms with Crippen molar-refractivity contribution >= 4 is 17.6 Å². The van der Waals surface area contributed by atoms with Gasteiger partial charge >= 0.3 is 0 Å². The van der Waals surface area contributed by atoms with E-state index in [0.29, 0.717) is 11.4 Å². The van der Waals surface area contributed by atoms with E-state index in [0.717, 1.165) is 16.8 Å². The molecule has 4 N–H and O–H groups in total. The summed E-state index contributed by atoms with van der Waals surface area (Å²) in [5.41, 5.74) is 11.3. The van der Waals surface area contributed by atoms with Crippen molar-refractivity contribution in [2.75, 3.05) is 11.2 Å². The third-order valence-electron chi connectivity index (χ3n) is 3.06. The number of phenolic OH excluding ortho intramolecular Hbond substituents is 1. The van der Waals surface area contributed by atoms with Crippen LogP contribution in [0, 0.1) is 0 Å². The topological polar surface area (TPSA) is 96.7 Å². The Bertz CT molecular complexity index is 780. The number of nitrogens with zero attached hydrogens (tertiary/aromatic N) is 2. The first-order valence-electron chi connectivity index (χ1n) is 6.59. The molecule has 6 heteroatoms. The Labute approximate surface area is 126 Å². The number of nitrogens with one attached hydrogen (secondary N) is 1. The maximum atomic E-state index is 9.52. The summed E-state index contributed by atoms with van der Waals surface area (Å²) in [6.07, 6.45) is 4.66. The Morgan fingerprint density at radius 1 is 1.18 bits per heavy atom. The van der Waals surface area contributed by atoms with Gasteiger partial charge in [0.15, 0.2) is 12.2 Å². The molecule has 0 aliphatic carbocycles. The van der Waals surface area contributed by atoms with Gasteiger partial charge in [0.1, 0.15) is 5.75 Å². The van der Waals surface area contributed by atoms with E-state index in [4.69, 9.17) is 10.2 Å². The van der Waals surface area contributed by atoms with Crippen molar-refractivity contribution in [3.8, 4) is 17.1 Å². The van der Waals surface area contributed by atoms with Crippen LogP contribution in [-0.2, 0) is 0 Å². The molecule has 0 atom stereocenters. The van der Waals surface area contributed by atoms with Gasteiger partial charge < -0.3 is 15.3 Å². The summed E-state index contributed by atoms with van der Waals surface area (Å²) >= 11 is 0. The van der Waals surface area contributed by atoms with Gasteiger partial charge in [0, 0.05) is 5.56 Å². The smallest absolute Gasteiger partial charge is 0.181 e. The van der Waals surface area contributed by atoms with Crippen molar-refractivity contribution in [2.45, 2.75) is 0 Å². The lowest BCUT2D eigenvalue weighted by Gasteiger charge is -2.02. The van der Waals surface area contributed by atoms with Gasteiger partial charge in [-0.1, -0.05) is 6.07 Å². The second-order valence-electron chi connectivity index (χ2n) is 4.63. The molecule has 2 aromatic carbocycles. The lowest BCUT2D eigenvalue weighted by atomic mass is 10.2. The molecule has 0 spiro atoms. The van der Waals surface area contributed by atoms with Gasteiger partial charge in [-0.3, -0.25) is 5.43 Å². The Hall–Kier alpha value is -3.28. The van der Waals surface area contributed by atoms with Crippen LogP contribution in [0.2, 0.25) is 0 Å². The molecular formula is C16H14N4O2. The zero-order chi connectivity index (χ0) is 15.4. The molecule has 0 unspecified atom stereocenters. The summed E-state index contributed by atoms with van der Waals surface area (Å²) in [7, 11) is 0. The van der Waals surface area contributed by atoms with Crippen LogP contribution < -0.4 is 11.2 Å². The zero-order valence-electron chi connectivity index (χ0n) is 11.6. The SMILES string of the molecule is Nc1ccc(C=NNc2ccc(-c3cnco3)cc2)cc1O. The lowest BCUT2D eigenvalue weighted by Crippen LogP contribution is -1.92. The number of anilines is 2. The number of rotatable bonds is 4. The fourth-order valence-electron chi connectivity index (χ4n) is 1.89. The predicted molar refractivity (Wildman–Crippen MR) is 85.7 cm³/mol. The van der Waals surface area contributed by atoms with Gasteiger partial charge in [0.2, 0.25) is 0 Å². The van der Waals surface area contributed by atoms with Crippen molar-refractivity contribution in [3.63, 3.8) is 0 Å². The Morgan fingerprint density at radius 2 is 2.00 bits per heavy atom. The van der Waals surface area contributed by atoms with Crippen LogP contribution in [0.4, 0.5) is 11.4 Å². The summed E-state index contributed by atoms with van der Waals surface area (Å²) < 4.78 is 5.22. The molecule has 0 aliphatic heterocycles. The van der Waals surface area contributed by atoms with Crippen molar-refractivity contribution in [2.24, 2.45) is 5.10 Å². The van der Waals surface area contributed by atoms with Crippen LogP contribution in [0.1, 0.15) is 5.56 Å². The highest BCUT2D eigenvalue weighted by molar-refractivity contribution is 5.82. The monoisotopic (exact) mass is 294 g/mol. The molecule has 0 saturated heterocycles. The van der Waals surface area contributed by atoms with Gasteiger partial charge in [0.25, 0.3) is 0 Å². The fourth-order valence-corrected chi connectivity index (χ4v) is 1.89. The summed E-state index contributed by atoms with van der Waals surface area (Å²) in [6.45, 7) is 0. The second kappa shape index (κ2) is 6.01. The molecule has 0 aliphatic rings. The highest BCUT2D eigenvalue weighted by Crippen LogP contribution is 2.21. The van der Waals surface area contributed by atoms with E-state index in [2.05, 4.69) is 15.5 Å². The number of nitrogens with two attached hydrogens (primary N) is 1. The molecule has 3 aromatic rings. The van der Waals surface area contributed by atoms with Crippen molar-refractivity contribution in [3.05, 3.63) is 60.6 Å². The molecule has 22 heavy (non-hydrogen) atoms. The van der Waals surface area contributed by atoms with Gasteiger partial charge in [-0.2, -0.15) is 5.10 Å². The average molecular weight is 294 g/mol. The van der Waals surface area contributed by atoms with E-state index in [1.165, 1.54) is 6.39 Å². The third-order valence-corrected chi connectivity index (χ3v) is 3.06. The zero-order valence-corrected chi connectivity index (χ0v) is 11.6. The summed E-state index contributed by atoms with van der Waals surface area (Å²) in [4.78, 5) is 3.88. The number of aromatic hydroxyl groups is 1. The number of nitrogen functional groups attached to an aromatic ring is 1. The summed E-state index contributed by atoms with van der Waals surface area (Å²) in [5.74, 6) is 0.757. The van der Waals surface area contributed by atoms with Gasteiger partial charge in [-0.25, -0.2) is 4.98 Å².